The fraction of sp³-hybridized carbons (Fsp3) is 0. The van der Waals surface area contributed by atoms with E-state index in [1.807, 2.05) is 0 Å². The normalized spacial score (nSPS) is 11.0. The molecule has 0 saturated heterocycles. The number of benzene rings is 1. The highest BCUT2D eigenvalue weighted by atomic mass is 32.1. The van der Waals surface area contributed by atoms with E-state index in [0.29, 0.717) is 27.3 Å². The van der Waals surface area contributed by atoms with Gasteiger partial charge >= 0.3 is 5.69 Å². The minimum Gasteiger partial charge on any atom is -0.287 e. The number of aromatic nitrogens is 3. The highest BCUT2D eigenvalue weighted by Crippen LogP contribution is 2.27. The summed E-state index contributed by atoms with van der Waals surface area (Å²) < 4.78 is 15.0. The summed E-state index contributed by atoms with van der Waals surface area (Å²) in [4.78, 5) is 27.6. The Balaban J connectivity index is 1.87. The van der Waals surface area contributed by atoms with Gasteiger partial charge in [-0.1, -0.05) is 6.07 Å². The summed E-state index contributed by atoms with van der Waals surface area (Å²) in [5, 5.41) is 17.0. The van der Waals surface area contributed by atoms with Gasteiger partial charge in [-0.3, -0.25) is 14.9 Å². The van der Waals surface area contributed by atoms with Crippen molar-refractivity contribution in [1.29, 1.82) is 0 Å². The van der Waals surface area contributed by atoms with Crippen LogP contribution in [-0.2, 0) is 0 Å². The van der Waals surface area contributed by atoms with Crippen molar-refractivity contribution in [3.63, 3.8) is 0 Å². The molecule has 128 valence electrons. The SMILES string of the molecule is O=C(c1cccs1)c1cnn2c(-c3ccc(F)c([N+](=O)[O-])c3)ccnc12. The Morgan fingerprint density at radius 2 is 2.12 bits per heavy atom. The van der Waals surface area contributed by atoms with Gasteiger partial charge in [-0.15, -0.1) is 11.3 Å². The van der Waals surface area contributed by atoms with E-state index >= 15 is 0 Å². The first-order chi connectivity index (χ1) is 12.6. The number of carbonyl (C=O) groups excluding carboxylic acids is 1. The van der Waals surface area contributed by atoms with Crippen LogP contribution < -0.4 is 0 Å². The molecular weight excluding hydrogens is 359 g/mol. The van der Waals surface area contributed by atoms with Gasteiger partial charge < -0.3 is 0 Å². The Bertz CT molecular complexity index is 1150. The van der Waals surface area contributed by atoms with Gasteiger partial charge in [0.1, 0.15) is 0 Å². The molecule has 1 aromatic carbocycles. The number of halogens is 1. The Kier molecular flexibility index (Phi) is 3.77. The second-order valence-corrected chi connectivity index (χ2v) is 6.30. The first-order valence-electron chi connectivity index (χ1n) is 7.41. The molecule has 0 aliphatic heterocycles. The molecule has 0 fully saturated rings. The van der Waals surface area contributed by atoms with Crippen LogP contribution in [0.2, 0.25) is 0 Å². The van der Waals surface area contributed by atoms with Crippen molar-refractivity contribution in [2.75, 3.05) is 0 Å². The van der Waals surface area contributed by atoms with Crippen molar-refractivity contribution in [2.45, 2.75) is 0 Å². The fourth-order valence-corrected chi connectivity index (χ4v) is 3.30. The molecule has 0 saturated carbocycles. The van der Waals surface area contributed by atoms with Crippen molar-refractivity contribution in [2.24, 2.45) is 0 Å². The lowest BCUT2D eigenvalue weighted by Gasteiger charge is -2.05. The van der Waals surface area contributed by atoms with Gasteiger partial charge in [0.2, 0.25) is 11.6 Å². The smallest absolute Gasteiger partial charge is 0.287 e. The molecule has 0 unspecified atom stereocenters. The lowest BCUT2D eigenvalue weighted by molar-refractivity contribution is -0.387. The van der Waals surface area contributed by atoms with Gasteiger partial charge in [-0.05, 0) is 29.6 Å². The molecule has 0 radical (unpaired) electrons. The molecule has 0 bridgehead atoms. The van der Waals surface area contributed by atoms with Gasteiger partial charge in [0, 0.05) is 17.8 Å². The van der Waals surface area contributed by atoms with Crippen LogP contribution in [0, 0.1) is 15.9 Å². The predicted molar refractivity (Wildman–Crippen MR) is 92.8 cm³/mol. The molecule has 9 heteroatoms. The van der Waals surface area contributed by atoms with E-state index in [0.717, 1.165) is 12.1 Å². The molecule has 4 aromatic rings. The van der Waals surface area contributed by atoms with E-state index in [9.17, 15) is 19.3 Å². The number of hydrogen-bond acceptors (Lipinski definition) is 6. The van der Waals surface area contributed by atoms with Crippen LogP contribution in [0.15, 0.2) is 54.2 Å². The van der Waals surface area contributed by atoms with Crippen molar-refractivity contribution < 1.29 is 14.1 Å². The van der Waals surface area contributed by atoms with Crippen molar-refractivity contribution in [3.8, 4) is 11.3 Å². The molecule has 0 spiro atoms. The van der Waals surface area contributed by atoms with E-state index in [2.05, 4.69) is 10.1 Å². The molecule has 0 N–H and O–H groups in total. The van der Waals surface area contributed by atoms with Crippen LogP contribution in [0.5, 0.6) is 0 Å². The van der Waals surface area contributed by atoms with Gasteiger partial charge in [0.25, 0.3) is 0 Å². The Morgan fingerprint density at radius 3 is 2.85 bits per heavy atom. The molecule has 26 heavy (non-hydrogen) atoms. The predicted octanol–water partition coefficient (Wildman–Crippen LogP) is 3.74. The van der Waals surface area contributed by atoms with Crippen LogP contribution in [0.4, 0.5) is 10.1 Å². The number of ketones is 1. The first kappa shape index (κ1) is 16.0. The number of fused-ring (bicyclic) bond motifs is 1. The number of rotatable bonds is 4. The highest BCUT2D eigenvalue weighted by molar-refractivity contribution is 7.12. The summed E-state index contributed by atoms with van der Waals surface area (Å²) >= 11 is 1.31. The zero-order valence-electron chi connectivity index (χ0n) is 13.0. The third kappa shape index (κ3) is 2.54. The zero-order chi connectivity index (χ0) is 18.3. The topological polar surface area (TPSA) is 90.4 Å². The third-order valence-corrected chi connectivity index (χ3v) is 4.70. The lowest BCUT2D eigenvalue weighted by Crippen LogP contribution is -2.01. The summed E-state index contributed by atoms with van der Waals surface area (Å²) in [6, 6.07) is 8.66. The van der Waals surface area contributed by atoms with E-state index in [1.165, 1.54) is 34.3 Å². The number of nitro groups is 1. The van der Waals surface area contributed by atoms with Crippen molar-refractivity contribution in [1.82, 2.24) is 14.6 Å². The second-order valence-electron chi connectivity index (χ2n) is 5.35. The lowest BCUT2D eigenvalue weighted by atomic mass is 10.1. The van der Waals surface area contributed by atoms with Crippen LogP contribution in [0.3, 0.4) is 0 Å². The maximum absolute atomic E-state index is 13.6. The van der Waals surface area contributed by atoms with Crippen molar-refractivity contribution in [3.05, 3.63) is 80.5 Å². The molecule has 3 heterocycles. The standard InChI is InChI=1S/C17H9FN4O3S/c18-12-4-3-10(8-14(12)22(24)25)13-5-6-19-17-11(9-20-21(13)17)16(23)15-2-1-7-26-15/h1-9H. The third-order valence-electron chi connectivity index (χ3n) is 3.83. The monoisotopic (exact) mass is 368 g/mol. The van der Waals surface area contributed by atoms with Crippen LogP contribution >= 0.6 is 11.3 Å². The maximum atomic E-state index is 13.6. The molecule has 0 aliphatic rings. The van der Waals surface area contributed by atoms with Crippen molar-refractivity contribution >= 4 is 28.5 Å². The molecule has 7 nitrogen and oxygen atoms in total. The van der Waals surface area contributed by atoms with Gasteiger partial charge in [0.05, 0.1) is 27.3 Å². The van der Waals surface area contributed by atoms with Crippen LogP contribution in [-0.4, -0.2) is 25.3 Å². The van der Waals surface area contributed by atoms with E-state index in [4.69, 9.17) is 0 Å². The quantitative estimate of drug-likeness (QED) is 0.311. The van der Waals surface area contributed by atoms with Crippen LogP contribution in [0.25, 0.3) is 16.9 Å². The number of nitrogens with zero attached hydrogens (tertiary/aromatic N) is 4. The second kappa shape index (κ2) is 6.12. The minimum absolute atomic E-state index is 0.204. The van der Waals surface area contributed by atoms with E-state index in [1.54, 1.807) is 23.6 Å². The fourth-order valence-electron chi connectivity index (χ4n) is 2.62. The molecular formula is C17H9FN4O3S. The summed E-state index contributed by atoms with van der Waals surface area (Å²) in [6.45, 7) is 0. The first-order valence-corrected chi connectivity index (χ1v) is 8.29. The number of carbonyl (C=O) groups is 1. The van der Waals surface area contributed by atoms with Gasteiger partial charge in [-0.25, -0.2) is 9.50 Å². The van der Waals surface area contributed by atoms with E-state index in [-0.39, 0.29) is 5.78 Å². The number of hydrogen-bond donors (Lipinski definition) is 0. The zero-order valence-corrected chi connectivity index (χ0v) is 13.8. The van der Waals surface area contributed by atoms with Gasteiger partial charge in [-0.2, -0.15) is 9.49 Å². The molecule has 0 aliphatic carbocycles. The Labute approximate surface area is 149 Å². The Morgan fingerprint density at radius 1 is 1.27 bits per heavy atom. The maximum Gasteiger partial charge on any atom is 0.305 e. The summed E-state index contributed by atoms with van der Waals surface area (Å²) in [6.07, 6.45) is 2.89. The molecule has 3 aromatic heterocycles. The summed E-state index contributed by atoms with van der Waals surface area (Å²) in [5.41, 5.74) is 0.875. The molecule has 0 amide bonds. The average molecular weight is 368 g/mol. The molecule has 4 rings (SSSR count). The largest absolute Gasteiger partial charge is 0.305 e. The number of nitro benzene ring substituents is 1. The molecule has 0 atom stereocenters. The Hall–Kier alpha value is -3.46. The minimum atomic E-state index is -0.918. The summed E-state index contributed by atoms with van der Waals surface area (Å²) in [7, 11) is 0. The van der Waals surface area contributed by atoms with Gasteiger partial charge in [0.15, 0.2) is 5.65 Å². The van der Waals surface area contributed by atoms with Crippen LogP contribution in [0.1, 0.15) is 15.2 Å². The number of thiophene rings is 1. The van der Waals surface area contributed by atoms with E-state index < -0.39 is 16.4 Å². The summed E-state index contributed by atoms with van der Waals surface area (Å²) in [5.74, 6) is -1.12. The average Bonchev–Trinajstić information content (AvgIpc) is 3.31. The highest BCUT2D eigenvalue weighted by Gasteiger charge is 2.20.